The molecule has 0 unspecified atom stereocenters. The standard InChI is InChI=1S/C16H34NOP/c1-11(2)16(18-12(3)4)17-19(13(5)6,14(7)8)15(9)10/h11-14H,1-10H3. The van der Waals surface area contributed by atoms with Crippen LogP contribution < -0.4 is 0 Å². The van der Waals surface area contributed by atoms with Gasteiger partial charge >= 0.3 is 0 Å². The average Bonchev–Trinajstić information content (AvgIpc) is 2.21. The first kappa shape index (κ1) is 18.8. The molecular formula is C16H34NOP. The lowest BCUT2D eigenvalue weighted by Gasteiger charge is -2.34. The zero-order chi connectivity index (χ0) is 15.4. The highest BCUT2D eigenvalue weighted by Crippen LogP contribution is 2.59. The van der Waals surface area contributed by atoms with Gasteiger partial charge in [0.15, 0.2) is 5.90 Å². The maximum Gasteiger partial charge on any atom is 0.189 e. The van der Waals surface area contributed by atoms with Gasteiger partial charge in [-0.2, -0.15) is 0 Å². The molecule has 0 saturated carbocycles. The molecule has 0 aliphatic rings. The highest BCUT2D eigenvalue weighted by molar-refractivity contribution is 7.76. The summed E-state index contributed by atoms with van der Waals surface area (Å²) in [7, 11) is -1.50. The normalized spacial score (nSPS) is 13.9. The third-order valence-corrected chi connectivity index (χ3v) is 8.52. The first-order valence-corrected chi connectivity index (χ1v) is 9.39. The van der Waals surface area contributed by atoms with Crippen molar-refractivity contribution in [3.8, 4) is 0 Å². The van der Waals surface area contributed by atoms with E-state index in [0.717, 1.165) is 5.90 Å². The smallest absolute Gasteiger partial charge is 0.189 e. The maximum absolute atomic E-state index is 5.98. The van der Waals surface area contributed by atoms with E-state index in [4.69, 9.17) is 9.50 Å². The fraction of sp³-hybridized carbons (Fsp3) is 0.875. The summed E-state index contributed by atoms with van der Waals surface area (Å²) in [6.07, 6.45) is 0.194. The van der Waals surface area contributed by atoms with Crippen LogP contribution in [-0.2, 0) is 4.74 Å². The number of nitrogens with zero attached hydrogens (tertiary/aromatic N) is 1. The van der Waals surface area contributed by atoms with Crippen molar-refractivity contribution in [1.82, 2.24) is 0 Å². The lowest BCUT2D eigenvalue weighted by atomic mass is 10.2. The highest BCUT2D eigenvalue weighted by atomic mass is 31.2. The molecule has 114 valence electrons. The van der Waals surface area contributed by atoms with E-state index in [1.807, 2.05) is 0 Å². The van der Waals surface area contributed by atoms with E-state index >= 15 is 0 Å². The predicted molar refractivity (Wildman–Crippen MR) is 92.0 cm³/mol. The van der Waals surface area contributed by atoms with Gasteiger partial charge in [-0.3, -0.25) is 0 Å². The Morgan fingerprint density at radius 3 is 1.47 bits per heavy atom. The molecule has 0 saturated heterocycles. The van der Waals surface area contributed by atoms with Crippen molar-refractivity contribution in [2.45, 2.75) is 86.7 Å². The van der Waals surface area contributed by atoms with Crippen LogP contribution in [-0.4, -0.2) is 28.6 Å². The molecule has 0 spiro atoms. The fourth-order valence-electron chi connectivity index (χ4n) is 2.64. The van der Waals surface area contributed by atoms with Crippen molar-refractivity contribution < 1.29 is 4.74 Å². The molecule has 2 nitrogen and oxygen atoms in total. The second-order valence-electron chi connectivity index (χ2n) is 6.63. The summed E-state index contributed by atoms with van der Waals surface area (Å²) in [5.74, 6) is 1.28. The molecule has 0 aliphatic carbocycles. The van der Waals surface area contributed by atoms with Crippen molar-refractivity contribution in [2.75, 3.05) is 0 Å². The van der Waals surface area contributed by atoms with Gasteiger partial charge in [0, 0.05) is 13.0 Å². The van der Waals surface area contributed by atoms with Crippen molar-refractivity contribution in [2.24, 2.45) is 10.7 Å². The molecule has 0 rings (SSSR count). The SMILES string of the molecule is CC(C)=P(N=C(OC(C)C)C(C)C)(C(C)C)C(C)C. The number of ether oxygens (including phenoxy) is 1. The second kappa shape index (κ2) is 7.53. The van der Waals surface area contributed by atoms with Gasteiger partial charge in [-0.1, -0.05) is 46.8 Å². The van der Waals surface area contributed by atoms with Gasteiger partial charge in [0.1, 0.15) is 0 Å². The van der Waals surface area contributed by atoms with Gasteiger partial charge in [0.25, 0.3) is 0 Å². The van der Waals surface area contributed by atoms with E-state index in [2.05, 4.69) is 69.2 Å². The Morgan fingerprint density at radius 1 is 0.842 bits per heavy atom. The zero-order valence-electron chi connectivity index (χ0n) is 14.6. The Morgan fingerprint density at radius 2 is 1.26 bits per heavy atom. The fourth-order valence-corrected chi connectivity index (χ4v) is 7.16. The Bertz CT molecular complexity index is 349. The lowest BCUT2D eigenvalue weighted by Crippen LogP contribution is -2.21. The minimum atomic E-state index is -1.50. The van der Waals surface area contributed by atoms with Crippen LogP contribution in [0.2, 0.25) is 0 Å². The van der Waals surface area contributed by atoms with Gasteiger partial charge in [-0.15, -0.1) is 0 Å². The Balaban J connectivity index is 5.96. The van der Waals surface area contributed by atoms with Gasteiger partial charge in [0.2, 0.25) is 0 Å². The van der Waals surface area contributed by atoms with Crippen LogP contribution in [0.4, 0.5) is 0 Å². The van der Waals surface area contributed by atoms with Crippen LogP contribution in [0.15, 0.2) is 4.76 Å². The summed E-state index contributed by atoms with van der Waals surface area (Å²) in [5, 5.41) is 1.48. The molecule has 0 heterocycles. The monoisotopic (exact) mass is 287 g/mol. The van der Waals surface area contributed by atoms with Crippen LogP contribution in [0.25, 0.3) is 0 Å². The van der Waals surface area contributed by atoms with Crippen LogP contribution in [0.3, 0.4) is 0 Å². The van der Waals surface area contributed by atoms with Crippen LogP contribution >= 0.6 is 7.04 Å². The van der Waals surface area contributed by atoms with E-state index in [-0.39, 0.29) is 6.10 Å². The third-order valence-electron chi connectivity index (χ3n) is 3.41. The van der Waals surface area contributed by atoms with Crippen molar-refractivity contribution >= 4 is 18.2 Å². The van der Waals surface area contributed by atoms with E-state index < -0.39 is 7.04 Å². The largest absolute Gasteiger partial charge is 0.478 e. The number of rotatable bonds is 5. The molecule has 0 fully saturated rings. The molecule has 0 aromatic carbocycles. The summed E-state index contributed by atoms with van der Waals surface area (Å²) in [6.45, 7) is 22.2. The summed E-state index contributed by atoms with van der Waals surface area (Å²) in [5.41, 5.74) is 1.14. The van der Waals surface area contributed by atoms with E-state index in [1.54, 1.807) is 0 Å². The van der Waals surface area contributed by atoms with Gasteiger partial charge < -0.3 is 4.74 Å². The zero-order valence-corrected chi connectivity index (χ0v) is 15.5. The topological polar surface area (TPSA) is 21.6 Å². The first-order valence-electron chi connectivity index (χ1n) is 7.51. The minimum absolute atomic E-state index is 0.194. The van der Waals surface area contributed by atoms with Crippen LogP contribution in [0, 0.1) is 5.92 Å². The summed E-state index contributed by atoms with van der Waals surface area (Å²) < 4.78 is 11.2. The van der Waals surface area contributed by atoms with Gasteiger partial charge in [0.05, 0.1) is 6.10 Å². The Kier molecular flexibility index (Phi) is 7.43. The van der Waals surface area contributed by atoms with E-state index in [0.29, 0.717) is 17.2 Å². The molecule has 0 atom stereocenters. The molecule has 0 bridgehead atoms. The van der Waals surface area contributed by atoms with E-state index in [1.165, 1.54) is 5.29 Å². The summed E-state index contributed by atoms with van der Waals surface area (Å²) >= 11 is 0. The highest BCUT2D eigenvalue weighted by Gasteiger charge is 2.28. The molecule has 0 aromatic rings. The third kappa shape index (κ3) is 4.67. The van der Waals surface area contributed by atoms with Gasteiger partial charge in [-0.25, -0.2) is 4.76 Å². The van der Waals surface area contributed by atoms with Crippen LogP contribution in [0.5, 0.6) is 0 Å². The lowest BCUT2D eigenvalue weighted by molar-refractivity contribution is 0.215. The summed E-state index contributed by atoms with van der Waals surface area (Å²) in [6, 6.07) is 0. The van der Waals surface area contributed by atoms with Crippen molar-refractivity contribution in [3.63, 3.8) is 0 Å². The van der Waals surface area contributed by atoms with Crippen molar-refractivity contribution in [3.05, 3.63) is 0 Å². The quantitative estimate of drug-likeness (QED) is 0.375. The molecule has 0 radical (unpaired) electrons. The number of hydrogen-bond donors (Lipinski definition) is 0. The molecular weight excluding hydrogens is 253 g/mol. The van der Waals surface area contributed by atoms with Gasteiger partial charge in [-0.05, 0) is 39.0 Å². The minimum Gasteiger partial charge on any atom is -0.478 e. The predicted octanol–water partition coefficient (Wildman–Crippen LogP) is 5.43. The average molecular weight is 287 g/mol. The molecule has 0 aromatic heterocycles. The molecule has 0 amide bonds. The molecule has 0 N–H and O–H groups in total. The van der Waals surface area contributed by atoms with Crippen molar-refractivity contribution in [1.29, 1.82) is 0 Å². The Hall–Kier alpha value is -0.230. The van der Waals surface area contributed by atoms with E-state index in [9.17, 15) is 0 Å². The molecule has 3 heteroatoms. The maximum atomic E-state index is 5.98. The Labute approximate surface area is 121 Å². The first-order chi connectivity index (χ1) is 8.55. The molecule has 0 aliphatic heterocycles. The molecule has 19 heavy (non-hydrogen) atoms. The summed E-state index contributed by atoms with van der Waals surface area (Å²) in [4.78, 5) is 0. The van der Waals surface area contributed by atoms with Crippen LogP contribution in [0.1, 0.15) is 69.2 Å². The second-order valence-corrected chi connectivity index (χ2v) is 11.3. The number of hydrogen-bond acceptors (Lipinski definition) is 2.